The molecule has 0 bridgehead atoms. The van der Waals surface area contributed by atoms with Gasteiger partial charge in [0.15, 0.2) is 6.29 Å². The van der Waals surface area contributed by atoms with Crippen LogP contribution in [0.25, 0.3) is 16.6 Å². The third kappa shape index (κ3) is 1.80. The van der Waals surface area contributed by atoms with Crippen molar-refractivity contribution in [2.24, 2.45) is 0 Å². The summed E-state index contributed by atoms with van der Waals surface area (Å²) < 4.78 is 2.46. The Hall–Kier alpha value is -2.08. The minimum atomic E-state index is 0.295. The molecule has 0 radical (unpaired) electrons. The van der Waals surface area contributed by atoms with E-state index in [0.29, 0.717) is 12.0 Å². The molecule has 0 amide bonds. The lowest BCUT2D eigenvalue weighted by atomic mass is 10.2. The maximum atomic E-state index is 10.6. The Labute approximate surface area is 111 Å². The fourth-order valence-corrected chi connectivity index (χ4v) is 2.10. The lowest BCUT2D eigenvalue weighted by Gasteiger charge is -2.04. The molecule has 0 atom stereocenters. The Morgan fingerprint density at radius 1 is 1.33 bits per heavy atom. The van der Waals surface area contributed by atoms with Crippen LogP contribution >= 0.6 is 15.9 Å². The van der Waals surface area contributed by atoms with E-state index in [9.17, 15) is 4.79 Å². The van der Waals surface area contributed by atoms with Crippen LogP contribution in [0.4, 0.5) is 0 Å². The highest BCUT2D eigenvalue weighted by Crippen LogP contribution is 2.22. The molecule has 0 aliphatic carbocycles. The standard InChI is InChI=1S/C12H7BrN4O/c13-9-4-8-2-1-3-11(12(8)14-5-9)17-6-10(7-18)15-16-17/h1-7H. The van der Waals surface area contributed by atoms with Gasteiger partial charge in [-0.1, -0.05) is 17.3 Å². The van der Waals surface area contributed by atoms with E-state index in [1.807, 2.05) is 24.3 Å². The number of fused-ring (bicyclic) bond motifs is 1. The number of hydrogen-bond acceptors (Lipinski definition) is 4. The first-order valence-electron chi connectivity index (χ1n) is 5.20. The van der Waals surface area contributed by atoms with E-state index in [1.165, 1.54) is 0 Å². The van der Waals surface area contributed by atoms with Crippen molar-refractivity contribution < 1.29 is 4.79 Å². The van der Waals surface area contributed by atoms with Crippen molar-refractivity contribution >= 4 is 33.1 Å². The van der Waals surface area contributed by atoms with Gasteiger partial charge in [-0.2, -0.15) is 0 Å². The molecule has 3 rings (SSSR count). The van der Waals surface area contributed by atoms with Crippen LogP contribution in [0, 0.1) is 0 Å². The van der Waals surface area contributed by atoms with Crippen LogP contribution in [0.1, 0.15) is 10.5 Å². The third-order valence-corrected chi connectivity index (χ3v) is 2.97. The first kappa shape index (κ1) is 11.0. The number of nitrogens with zero attached hydrogens (tertiary/aromatic N) is 4. The van der Waals surface area contributed by atoms with E-state index in [1.54, 1.807) is 17.1 Å². The Morgan fingerprint density at radius 2 is 2.22 bits per heavy atom. The molecule has 18 heavy (non-hydrogen) atoms. The summed E-state index contributed by atoms with van der Waals surface area (Å²) in [7, 11) is 0. The molecule has 1 aromatic carbocycles. The predicted octanol–water partition coefficient (Wildman–Crippen LogP) is 2.39. The summed E-state index contributed by atoms with van der Waals surface area (Å²) in [4.78, 5) is 15.0. The first-order chi connectivity index (χ1) is 8.78. The smallest absolute Gasteiger partial charge is 0.171 e. The summed E-state index contributed by atoms with van der Waals surface area (Å²) in [6.07, 6.45) is 3.97. The number of para-hydroxylation sites is 1. The molecule has 0 saturated carbocycles. The fourth-order valence-electron chi connectivity index (χ4n) is 1.75. The van der Waals surface area contributed by atoms with Gasteiger partial charge in [-0.25, -0.2) is 4.68 Å². The average molecular weight is 303 g/mol. The minimum Gasteiger partial charge on any atom is -0.296 e. The quantitative estimate of drug-likeness (QED) is 0.682. The first-order valence-corrected chi connectivity index (χ1v) is 5.99. The molecule has 88 valence electrons. The van der Waals surface area contributed by atoms with Crippen LogP contribution in [0.15, 0.2) is 41.1 Å². The normalized spacial score (nSPS) is 10.7. The number of aldehydes is 1. The number of rotatable bonds is 2. The van der Waals surface area contributed by atoms with Gasteiger partial charge < -0.3 is 0 Å². The molecular weight excluding hydrogens is 296 g/mol. The van der Waals surface area contributed by atoms with Crippen LogP contribution in [-0.2, 0) is 0 Å². The minimum absolute atomic E-state index is 0.295. The van der Waals surface area contributed by atoms with Crippen LogP contribution < -0.4 is 0 Å². The highest BCUT2D eigenvalue weighted by molar-refractivity contribution is 9.10. The van der Waals surface area contributed by atoms with Gasteiger partial charge >= 0.3 is 0 Å². The zero-order valence-corrected chi connectivity index (χ0v) is 10.7. The van der Waals surface area contributed by atoms with Crippen LogP contribution in [0.5, 0.6) is 0 Å². The molecular formula is C12H7BrN4O. The highest BCUT2D eigenvalue weighted by Gasteiger charge is 2.07. The van der Waals surface area contributed by atoms with Crippen molar-refractivity contribution in [3.63, 3.8) is 0 Å². The number of carbonyl (C=O) groups excluding carboxylic acids is 1. The second kappa shape index (κ2) is 4.30. The molecule has 0 fully saturated rings. The molecule has 5 nitrogen and oxygen atoms in total. The monoisotopic (exact) mass is 302 g/mol. The summed E-state index contributed by atoms with van der Waals surface area (Å²) in [5, 5.41) is 8.65. The molecule has 0 N–H and O–H groups in total. The van der Waals surface area contributed by atoms with Gasteiger partial charge in [0.2, 0.25) is 0 Å². The maximum absolute atomic E-state index is 10.6. The summed E-state index contributed by atoms with van der Waals surface area (Å²) in [5.74, 6) is 0. The van der Waals surface area contributed by atoms with Crippen LogP contribution in [-0.4, -0.2) is 26.3 Å². The largest absolute Gasteiger partial charge is 0.296 e. The molecule has 0 unspecified atom stereocenters. The summed E-state index contributed by atoms with van der Waals surface area (Å²) in [6, 6.07) is 7.73. The SMILES string of the molecule is O=Cc1cn(-c2cccc3cc(Br)cnc23)nn1. The number of aromatic nitrogens is 4. The van der Waals surface area contributed by atoms with Gasteiger partial charge in [-0.3, -0.25) is 9.78 Å². The van der Waals surface area contributed by atoms with Gasteiger partial charge in [-0.15, -0.1) is 5.10 Å². The Balaban J connectivity index is 2.25. The molecule has 3 aromatic rings. The summed E-state index contributed by atoms with van der Waals surface area (Å²) in [6.45, 7) is 0. The van der Waals surface area contributed by atoms with Crippen LogP contribution in [0.2, 0.25) is 0 Å². The Kier molecular flexibility index (Phi) is 2.64. The van der Waals surface area contributed by atoms with Gasteiger partial charge in [0.1, 0.15) is 5.69 Å². The molecule has 2 aromatic heterocycles. The van der Waals surface area contributed by atoms with E-state index in [-0.39, 0.29) is 0 Å². The molecule has 0 aliphatic heterocycles. The van der Waals surface area contributed by atoms with Crippen molar-refractivity contribution in [1.82, 2.24) is 20.0 Å². The summed E-state index contributed by atoms with van der Waals surface area (Å²) >= 11 is 3.38. The zero-order valence-electron chi connectivity index (χ0n) is 9.12. The Morgan fingerprint density at radius 3 is 3.00 bits per heavy atom. The molecule has 0 saturated heterocycles. The predicted molar refractivity (Wildman–Crippen MR) is 69.7 cm³/mol. The number of halogens is 1. The van der Waals surface area contributed by atoms with E-state index >= 15 is 0 Å². The van der Waals surface area contributed by atoms with Crippen molar-refractivity contribution in [3.8, 4) is 5.69 Å². The fraction of sp³-hybridized carbons (Fsp3) is 0. The van der Waals surface area contributed by atoms with E-state index < -0.39 is 0 Å². The Bertz CT molecular complexity index is 738. The van der Waals surface area contributed by atoms with E-state index in [0.717, 1.165) is 21.1 Å². The maximum Gasteiger partial charge on any atom is 0.171 e. The number of pyridine rings is 1. The lowest BCUT2D eigenvalue weighted by Crippen LogP contribution is -1.97. The van der Waals surface area contributed by atoms with Crippen molar-refractivity contribution in [2.75, 3.05) is 0 Å². The zero-order chi connectivity index (χ0) is 12.5. The van der Waals surface area contributed by atoms with E-state index in [4.69, 9.17) is 0 Å². The van der Waals surface area contributed by atoms with Gasteiger partial charge in [-0.05, 0) is 28.1 Å². The molecule has 0 spiro atoms. The second-order valence-electron chi connectivity index (χ2n) is 3.71. The van der Waals surface area contributed by atoms with Gasteiger partial charge in [0.05, 0.1) is 17.4 Å². The van der Waals surface area contributed by atoms with Gasteiger partial charge in [0.25, 0.3) is 0 Å². The molecule has 6 heteroatoms. The van der Waals surface area contributed by atoms with Gasteiger partial charge in [0, 0.05) is 16.1 Å². The van der Waals surface area contributed by atoms with Crippen molar-refractivity contribution in [1.29, 1.82) is 0 Å². The average Bonchev–Trinajstić information content (AvgIpc) is 2.86. The third-order valence-electron chi connectivity index (χ3n) is 2.53. The van der Waals surface area contributed by atoms with Crippen molar-refractivity contribution in [3.05, 3.63) is 46.8 Å². The van der Waals surface area contributed by atoms with E-state index in [2.05, 4.69) is 31.2 Å². The topological polar surface area (TPSA) is 60.7 Å². The van der Waals surface area contributed by atoms with Crippen LogP contribution in [0.3, 0.4) is 0 Å². The summed E-state index contributed by atoms with van der Waals surface area (Å²) in [5.41, 5.74) is 1.90. The second-order valence-corrected chi connectivity index (χ2v) is 4.62. The highest BCUT2D eigenvalue weighted by atomic mass is 79.9. The number of benzene rings is 1. The number of carbonyl (C=O) groups is 1. The number of hydrogen-bond donors (Lipinski definition) is 0. The van der Waals surface area contributed by atoms with Crippen molar-refractivity contribution in [2.45, 2.75) is 0 Å². The molecule has 0 aliphatic rings. The molecule has 2 heterocycles. The lowest BCUT2D eigenvalue weighted by molar-refractivity contribution is 0.111.